The van der Waals surface area contributed by atoms with E-state index in [4.69, 9.17) is 5.14 Å². The van der Waals surface area contributed by atoms with Gasteiger partial charge in [-0.05, 0) is 12.5 Å². The minimum atomic E-state index is -4.40. The van der Waals surface area contributed by atoms with Gasteiger partial charge in [0.25, 0.3) is 0 Å². The van der Waals surface area contributed by atoms with E-state index in [0.717, 1.165) is 0 Å². The zero-order chi connectivity index (χ0) is 14.0. The van der Waals surface area contributed by atoms with Gasteiger partial charge in [0.15, 0.2) is 4.75 Å². The number of rotatable bonds is 4. The van der Waals surface area contributed by atoms with E-state index < -0.39 is 34.6 Å². The van der Waals surface area contributed by atoms with E-state index in [-0.39, 0.29) is 0 Å². The molecule has 0 aliphatic carbocycles. The molecule has 102 valence electrons. The molecular weight excluding hydrogens is 263 g/mol. The highest BCUT2D eigenvalue weighted by Gasteiger charge is 2.50. The molecule has 0 radical (unpaired) electrons. The first-order valence-corrected chi connectivity index (χ1v) is 6.66. The van der Waals surface area contributed by atoms with Gasteiger partial charge in [0.05, 0.1) is 6.42 Å². The molecule has 0 aliphatic heterocycles. The van der Waals surface area contributed by atoms with Crippen LogP contribution >= 0.6 is 0 Å². The largest absolute Gasteiger partial charge is 0.598 e. The average Bonchev–Trinajstić information content (AvgIpc) is 2.26. The Morgan fingerprint density at radius 2 is 1.78 bits per heavy atom. The van der Waals surface area contributed by atoms with E-state index >= 15 is 0 Å². The van der Waals surface area contributed by atoms with Crippen LogP contribution in [-0.4, -0.2) is 15.5 Å². The van der Waals surface area contributed by atoms with Crippen LogP contribution in [0.4, 0.5) is 13.2 Å². The Morgan fingerprint density at radius 1 is 1.28 bits per heavy atom. The fourth-order valence-corrected chi connectivity index (χ4v) is 2.68. The minimum absolute atomic E-state index is 0.550. The first kappa shape index (κ1) is 15.3. The predicted molar refractivity (Wildman–Crippen MR) is 66.3 cm³/mol. The molecule has 0 heterocycles. The maximum Gasteiger partial charge on any atom is 0.394 e. The van der Waals surface area contributed by atoms with Crippen molar-refractivity contribution in [1.29, 1.82) is 0 Å². The summed E-state index contributed by atoms with van der Waals surface area (Å²) >= 11 is -2.07. The highest BCUT2D eigenvalue weighted by atomic mass is 32.2. The molecule has 1 aromatic rings. The lowest BCUT2D eigenvalue weighted by molar-refractivity contribution is -0.141. The van der Waals surface area contributed by atoms with Crippen molar-refractivity contribution in [3.63, 3.8) is 0 Å². The number of nitrogens with two attached hydrogens (primary N) is 1. The topological polar surface area (TPSA) is 49.1 Å². The highest BCUT2D eigenvalue weighted by Crippen LogP contribution is 2.41. The lowest BCUT2D eigenvalue weighted by Crippen LogP contribution is -2.47. The van der Waals surface area contributed by atoms with E-state index in [1.54, 1.807) is 37.3 Å². The lowest BCUT2D eigenvalue weighted by Gasteiger charge is -2.35. The van der Waals surface area contributed by atoms with Crippen molar-refractivity contribution in [3.05, 3.63) is 35.9 Å². The molecule has 6 heteroatoms. The van der Waals surface area contributed by atoms with Crippen LogP contribution in [0.3, 0.4) is 0 Å². The van der Waals surface area contributed by atoms with Gasteiger partial charge in [-0.2, -0.15) is 18.3 Å². The predicted octanol–water partition coefficient (Wildman–Crippen LogP) is 3.12. The Bertz CT molecular complexity index is 383. The zero-order valence-electron chi connectivity index (χ0n) is 10.2. The van der Waals surface area contributed by atoms with E-state index in [9.17, 15) is 17.7 Å². The van der Waals surface area contributed by atoms with Crippen LogP contribution in [0.25, 0.3) is 0 Å². The van der Waals surface area contributed by atoms with Crippen molar-refractivity contribution in [3.8, 4) is 0 Å². The van der Waals surface area contributed by atoms with Crippen LogP contribution in [0.2, 0.25) is 0 Å². The molecule has 0 aliphatic rings. The molecule has 0 fully saturated rings. The van der Waals surface area contributed by atoms with Crippen molar-refractivity contribution in [2.24, 2.45) is 5.14 Å². The molecule has 1 rings (SSSR count). The number of alkyl halides is 3. The molecule has 0 aromatic heterocycles. The molecule has 0 bridgehead atoms. The van der Waals surface area contributed by atoms with Crippen LogP contribution in [-0.2, 0) is 11.4 Å². The Hall–Kier alpha value is -0.720. The summed E-state index contributed by atoms with van der Waals surface area (Å²) < 4.78 is 47.8. The van der Waals surface area contributed by atoms with Crippen LogP contribution in [0, 0.1) is 0 Å². The standard InChI is InChI=1S/C12H16F3NOS/c1-9(10-6-4-3-5-7-10)11(2,18(16)17)8-12(13,14)15/h3-7,9H,8,16H2,1-2H3. The minimum Gasteiger partial charge on any atom is -0.598 e. The van der Waals surface area contributed by atoms with Gasteiger partial charge in [-0.3, -0.25) is 0 Å². The van der Waals surface area contributed by atoms with Gasteiger partial charge in [-0.25, -0.2) is 0 Å². The van der Waals surface area contributed by atoms with Crippen molar-refractivity contribution in [1.82, 2.24) is 0 Å². The zero-order valence-corrected chi connectivity index (χ0v) is 11.0. The fourth-order valence-electron chi connectivity index (χ4n) is 1.89. The Kier molecular flexibility index (Phi) is 4.69. The summed E-state index contributed by atoms with van der Waals surface area (Å²) in [5.41, 5.74) is 0.697. The maximum atomic E-state index is 12.6. The second-order valence-corrected chi connectivity index (χ2v) is 6.06. The summed E-state index contributed by atoms with van der Waals surface area (Å²) in [7, 11) is 0. The summed E-state index contributed by atoms with van der Waals surface area (Å²) in [6.07, 6.45) is -5.56. The van der Waals surface area contributed by atoms with E-state index in [2.05, 4.69) is 0 Å². The van der Waals surface area contributed by atoms with Gasteiger partial charge in [0, 0.05) is 17.3 Å². The van der Waals surface area contributed by atoms with Crippen LogP contribution in [0.5, 0.6) is 0 Å². The van der Waals surface area contributed by atoms with E-state index in [1.807, 2.05) is 0 Å². The van der Waals surface area contributed by atoms with Gasteiger partial charge in [-0.1, -0.05) is 37.3 Å². The van der Waals surface area contributed by atoms with Crippen molar-refractivity contribution >= 4 is 11.4 Å². The quantitative estimate of drug-likeness (QED) is 0.861. The van der Waals surface area contributed by atoms with Gasteiger partial charge >= 0.3 is 6.18 Å². The Morgan fingerprint density at radius 3 is 2.17 bits per heavy atom. The molecule has 2 nitrogen and oxygen atoms in total. The second kappa shape index (κ2) is 5.50. The van der Waals surface area contributed by atoms with Crippen molar-refractivity contribution < 1.29 is 17.7 Å². The monoisotopic (exact) mass is 279 g/mol. The second-order valence-electron chi connectivity index (χ2n) is 4.53. The number of benzene rings is 1. The Balaban J connectivity index is 3.05. The molecule has 0 spiro atoms. The number of hydrogen-bond donors (Lipinski definition) is 1. The number of halogens is 3. The summed E-state index contributed by atoms with van der Waals surface area (Å²) in [5.74, 6) is -0.550. The summed E-state index contributed by atoms with van der Waals surface area (Å²) in [6, 6.07) is 8.67. The molecule has 18 heavy (non-hydrogen) atoms. The number of hydrogen-bond acceptors (Lipinski definition) is 2. The van der Waals surface area contributed by atoms with Gasteiger partial charge in [0.1, 0.15) is 0 Å². The molecule has 0 saturated carbocycles. The third-order valence-corrected chi connectivity index (χ3v) is 4.64. The lowest BCUT2D eigenvalue weighted by atomic mass is 9.85. The smallest absolute Gasteiger partial charge is 0.394 e. The van der Waals surface area contributed by atoms with E-state index in [1.165, 1.54) is 6.92 Å². The first-order chi connectivity index (χ1) is 8.17. The SMILES string of the molecule is CC(c1ccccc1)C(C)(CC(F)(F)F)[S+](N)[O-]. The van der Waals surface area contributed by atoms with E-state index in [0.29, 0.717) is 5.56 Å². The van der Waals surface area contributed by atoms with Crippen LogP contribution in [0.15, 0.2) is 30.3 Å². The fraction of sp³-hybridized carbons (Fsp3) is 0.500. The average molecular weight is 279 g/mol. The summed E-state index contributed by atoms with van der Waals surface area (Å²) in [4.78, 5) is 0. The third-order valence-electron chi connectivity index (χ3n) is 3.23. The van der Waals surface area contributed by atoms with Crippen molar-refractivity contribution in [2.45, 2.75) is 37.1 Å². The third kappa shape index (κ3) is 3.63. The van der Waals surface area contributed by atoms with Crippen LogP contribution < -0.4 is 5.14 Å². The molecule has 3 unspecified atom stereocenters. The highest BCUT2D eigenvalue weighted by molar-refractivity contribution is 7.90. The van der Waals surface area contributed by atoms with Crippen LogP contribution in [0.1, 0.15) is 31.7 Å². The maximum absolute atomic E-state index is 12.6. The summed E-state index contributed by atoms with van der Waals surface area (Å²) in [5, 5.41) is 5.29. The molecule has 0 saturated heterocycles. The van der Waals surface area contributed by atoms with Gasteiger partial charge in [-0.15, -0.1) is 0 Å². The molecule has 2 N–H and O–H groups in total. The van der Waals surface area contributed by atoms with Crippen molar-refractivity contribution in [2.75, 3.05) is 0 Å². The Labute approximate surface area is 108 Å². The van der Waals surface area contributed by atoms with Gasteiger partial charge < -0.3 is 4.55 Å². The molecular formula is C12H16F3NOS. The first-order valence-electron chi connectivity index (χ1n) is 5.45. The summed E-state index contributed by atoms with van der Waals surface area (Å²) in [6.45, 7) is 2.93. The molecule has 1 aromatic carbocycles. The molecule has 3 atom stereocenters. The van der Waals surface area contributed by atoms with Gasteiger partial charge in [0.2, 0.25) is 0 Å². The normalized spacial score (nSPS) is 19.1. The molecule has 0 amide bonds.